The maximum Gasteiger partial charge on any atom is 0.325 e. The molecule has 0 N–H and O–H groups in total. The molecule has 1 rings (SSSR count). The smallest absolute Gasteiger partial charge is 0.325 e. The maximum atomic E-state index is 12.5. The molecule has 0 saturated carbocycles. The fourth-order valence-corrected chi connectivity index (χ4v) is 2.92. The van der Waals surface area contributed by atoms with Gasteiger partial charge >= 0.3 is 5.97 Å². The summed E-state index contributed by atoms with van der Waals surface area (Å²) in [6.07, 6.45) is 1.56. The lowest BCUT2D eigenvalue weighted by molar-refractivity contribution is -0.147. The molecular weight excluding hydrogens is 334 g/mol. The minimum Gasteiger partial charge on any atom is -0.465 e. The van der Waals surface area contributed by atoms with Crippen LogP contribution in [0.5, 0.6) is 0 Å². The van der Waals surface area contributed by atoms with Gasteiger partial charge in [-0.25, -0.2) is 0 Å². The third kappa shape index (κ3) is 5.20. The van der Waals surface area contributed by atoms with Crippen molar-refractivity contribution in [1.29, 1.82) is 5.26 Å². The van der Waals surface area contributed by atoms with Gasteiger partial charge in [0.15, 0.2) is 0 Å². The Bertz CT molecular complexity index is 728. The van der Waals surface area contributed by atoms with Crippen LogP contribution in [-0.4, -0.2) is 55.3 Å². The molecule has 1 aromatic heterocycles. The molecule has 0 aliphatic carbocycles. The van der Waals surface area contributed by atoms with E-state index in [4.69, 9.17) is 9.47 Å². The molecular formula is C19H27N3O4. The van der Waals surface area contributed by atoms with Gasteiger partial charge < -0.3 is 18.9 Å². The molecule has 0 radical (unpaired) electrons. The largest absolute Gasteiger partial charge is 0.465 e. The highest BCUT2D eigenvalue weighted by Crippen LogP contribution is 2.23. The molecule has 0 fully saturated rings. The van der Waals surface area contributed by atoms with Gasteiger partial charge in [-0.15, -0.1) is 0 Å². The van der Waals surface area contributed by atoms with Crippen LogP contribution in [0.3, 0.4) is 0 Å². The minimum atomic E-state index is -0.518. The summed E-state index contributed by atoms with van der Waals surface area (Å²) in [5.41, 5.74) is 2.72. The van der Waals surface area contributed by atoms with E-state index in [1.54, 1.807) is 20.1 Å². The SMILES string of the molecule is CCOC(=O)CN(C)C(=O)C(C#N)=Cc1cc(C)n(C(C)COC)c1C. The van der Waals surface area contributed by atoms with Gasteiger partial charge in [0, 0.05) is 25.5 Å². The van der Waals surface area contributed by atoms with E-state index in [2.05, 4.69) is 4.57 Å². The van der Waals surface area contributed by atoms with Crippen molar-refractivity contribution in [2.75, 3.05) is 33.9 Å². The molecule has 1 aromatic rings. The summed E-state index contributed by atoms with van der Waals surface area (Å²) < 4.78 is 12.2. The van der Waals surface area contributed by atoms with Gasteiger partial charge in [0.25, 0.3) is 5.91 Å². The summed E-state index contributed by atoms with van der Waals surface area (Å²) >= 11 is 0. The average molecular weight is 361 g/mol. The molecule has 7 nitrogen and oxygen atoms in total. The highest BCUT2D eigenvalue weighted by Gasteiger charge is 2.20. The molecule has 0 aliphatic rings. The second kappa shape index (κ2) is 9.78. The number of hydrogen-bond donors (Lipinski definition) is 0. The lowest BCUT2D eigenvalue weighted by atomic mass is 10.1. The van der Waals surface area contributed by atoms with Gasteiger partial charge in [-0.3, -0.25) is 9.59 Å². The first kappa shape index (κ1) is 21.5. The summed E-state index contributed by atoms with van der Waals surface area (Å²) in [5, 5.41) is 9.40. The van der Waals surface area contributed by atoms with Crippen LogP contribution in [0.2, 0.25) is 0 Å². The summed E-state index contributed by atoms with van der Waals surface area (Å²) in [4.78, 5) is 25.2. The first-order chi connectivity index (χ1) is 12.3. The van der Waals surface area contributed by atoms with E-state index in [-0.39, 0.29) is 24.8 Å². The topological polar surface area (TPSA) is 84.6 Å². The Morgan fingerprint density at radius 1 is 1.42 bits per heavy atom. The van der Waals surface area contributed by atoms with Gasteiger partial charge in [-0.2, -0.15) is 5.26 Å². The van der Waals surface area contributed by atoms with Gasteiger partial charge in [0.2, 0.25) is 0 Å². The zero-order chi connectivity index (χ0) is 19.9. The van der Waals surface area contributed by atoms with Crippen LogP contribution in [0, 0.1) is 25.2 Å². The Morgan fingerprint density at radius 3 is 2.62 bits per heavy atom. The van der Waals surface area contributed by atoms with Crippen molar-refractivity contribution < 1.29 is 19.1 Å². The molecule has 0 aliphatic heterocycles. The van der Waals surface area contributed by atoms with E-state index in [9.17, 15) is 14.9 Å². The van der Waals surface area contributed by atoms with Crippen molar-refractivity contribution >= 4 is 18.0 Å². The lowest BCUT2D eigenvalue weighted by Crippen LogP contribution is -2.33. The normalized spacial score (nSPS) is 12.4. The molecule has 142 valence electrons. The van der Waals surface area contributed by atoms with Crippen molar-refractivity contribution in [1.82, 2.24) is 9.47 Å². The molecule has 0 aromatic carbocycles. The molecule has 1 heterocycles. The van der Waals surface area contributed by atoms with E-state index in [0.717, 1.165) is 17.0 Å². The molecule has 1 unspecified atom stereocenters. The number of ether oxygens (including phenoxy) is 2. The molecule has 7 heteroatoms. The van der Waals surface area contributed by atoms with Crippen molar-refractivity contribution in [3.8, 4) is 6.07 Å². The number of esters is 1. The maximum absolute atomic E-state index is 12.5. The minimum absolute atomic E-state index is 0.0311. The highest BCUT2D eigenvalue weighted by molar-refractivity contribution is 6.02. The number of amides is 1. The zero-order valence-electron chi connectivity index (χ0n) is 16.3. The second-order valence-corrected chi connectivity index (χ2v) is 6.14. The number of carbonyl (C=O) groups is 2. The first-order valence-corrected chi connectivity index (χ1v) is 8.46. The highest BCUT2D eigenvalue weighted by atomic mass is 16.5. The van der Waals surface area contributed by atoms with Crippen molar-refractivity contribution in [2.24, 2.45) is 0 Å². The van der Waals surface area contributed by atoms with Crippen molar-refractivity contribution in [2.45, 2.75) is 33.7 Å². The van der Waals surface area contributed by atoms with E-state index in [1.165, 1.54) is 11.9 Å². The molecule has 0 spiro atoms. The van der Waals surface area contributed by atoms with Gasteiger partial charge in [0.05, 0.1) is 19.3 Å². The van der Waals surface area contributed by atoms with Crippen LogP contribution in [0.4, 0.5) is 0 Å². The van der Waals surface area contributed by atoms with E-state index in [0.29, 0.717) is 6.61 Å². The Balaban J connectivity index is 3.09. The Labute approximate surface area is 154 Å². The number of hydrogen-bond acceptors (Lipinski definition) is 5. The predicted molar refractivity (Wildman–Crippen MR) is 98.4 cm³/mol. The van der Waals surface area contributed by atoms with Crippen molar-refractivity contribution in [3.05, 3.63) is 28.6 Å². The van der Waals surface area contributed by atoms with Crippen molar-refractivity contribution in [3.63, 3.8) is 0 Å². The monoisotopic (exact) mass is 361 g/mol. The Morgan fingerprint density at radius 2 is 2.08 bits per heavy atom. The summed E-state index contributed by atoms with van der Waals surface area (Å²) in [7, 11) is 3.12. The van der Waals surface area contributed by atoms with E-state index in [1.807, 2.05) is 32.9 Å². The number of carbonyl (C=O) groups excluding carboxylic acids is 2. The average Bonchev–Trinajstić information content (AvgIpc) is 2.85. The fraction of sp³-hybridized carbons (Fsp3) is 0.526. The van der Waals surface area contributed by atoms with Crippen LogP contribution < -0.4 is 0 Å². The number of methoxy groups -OCH3 is 1. The van der Waals surface area contributed by atoms with E-state index < -0.39 is 11.9 Å². The molecule has 1 atom stereocenters. The predicted octanol–water partition coefficient (Wildman–Crippen LogP) is 2.24. The first-order valence-electron chi connectivity index (χ1n) is 8.46. The summed E-state index contributed by atoms with van der Waals surface area (Å²) in [6.45, 7) is 8.25. The van der Waals surface area contributed by atoms with Crippen LogP contribution in [0.25, 0.3) is 6.08 Å². The third-order valence-corrected chi connectivity index (χ3v) is 4.04. The number of rotatable bonds is 8. The third-order valence-electron chi connectivity index (χ3n) is 4.04. The second-order valence-electron chi connectivity index (χ2n) is 6.14. The van der Waals surface area contributed by atoms with Gasteiger partial charge in [0.1, 0.15) is 18.2 Å². The Kier molecular flexibility index (Phi) is 8.07. The Hall–Kier alpha value is -2.59. The van der Waals surface area contributed by atoms with Crippen LogP contribution in [-0.2, 0) is 19.1 Å². The molecule has 26 heavy (non-hydrogen) atoms. The van der Waals surface area contributed by atoms with Crippen LogP contribution in [0.1, 0.15) is 36.8 Å². The van der Waals surface area contributed by atoms with Gasteiger partial charge in [-0.1, -0.05) is 0 Å². The van der Waals surface area contributed by atoms with Crippen LogP contribution in [0.15, 0.2) is 11.6 Å². The summed E-state index contributed by atoms with van der Waals surface area (Å²) in [6, 6.07) is 3.99. The molecule has 1 amide bonds. The number of aryl methyl sites for hydroxylation is 1. The number of likely N-dealkylation sites (N-methyl/N-ethyl adjacent to an activating group) is 1. The quantitative estimate of drug-likeness (QED) is 0.403. The lowest BCUT2D eigenvalue weighted by Gasteiger charge is -2.17. The number of nitriles is 1. The molecule has 0 saturated heterocycles. The standard InChI is InChI=1S/C19H27N3O4/c1-7-26-18(23)11-21(5)19(24)17(10-20)9-16-8-13(2)22(15(16)4)14(3)12-25-6/h8-9,14H,7,11-12H2,1-6H3. The number of nitrogens with zero attached hydrogens (tertiary/aromatic N) is 3. The fourth-order valence-electron chi connectivity index (χ4n) is 2.92. The zero-order valence-corrected chi connectivity index (χ0v) is 16.3. The number of aromatic nitrogens is 1. The summed E-state index contributed by atoms with van der Waals surface area (Å²) in [5.74, 6) is -1.03. The molecule has 0 bridgehead atoms. The van der Waals surface area contributed by atoms with Crippen LogP contribution >= 0.6 is 0 Å². The van der Waals surface area contributed by atoms with Gasteiger partial charge in [-0.05, 0) is 45.4 Å². The van der Waals surface area contributed by atoms with E-state index >= 15 is 0 Å².